The zero-order valence-corrected chi connectivity index (χ0v) is 12.1. The first-order valence-electron chi connectivity index (χ1n) is 6.99. The first-order chi connectivity index (χ1) is 9.54. The Hall–Kier alpha value is -1.92. The second kappa shape index (κ2) is 6.02. The van der Waals surface area contributed by atoms with Crippen LogP contribution in [0.1, 0.15) is 55.5 Å². The lowest BCUT2D eigenvalue weighted by atomic mass is 10.0. The predicted octanol–water partition coefficient (Wildman–Crippen LogP) is 0.669. The van der Waals surface area contributed by atoms with E-state index in [0.29, 0.717) is 18.8 Å². The van der Waals surface area contributed by atoms with Gasteiger partial charge in [-0.2, -0.15) is 0 Å². The third kappa shape index (κ3) is 2.81. The van der Waals surface area contributed by atoms with Crippen molar-refractivity contribution in [3.8, 4) is 0 Å². The van der Waals surface area contributed by atoms with Crippen LogP contribution in [0.2, 0.25) is 0 Å². The van der Waals surface area contributed by atoms with E-state index in [4.69, 9.17) is 0 Å². The molecule has 2 heterocycles. The largest absolute Gasteiger partial charge is 0.357 e. The summed E-state index contributed by atoms with van der Waals surface area (Å²) in [6.45, 7) is 4.52. The summed E-state index contributed by atoms with van der Waals surface area (Å²) in [6, 6.07) is -0.415. The highest BCUT2D eigenvalue weighted by Crippen LogP contribution is 2.19. The summed E-state index contributed by atoms with van der Waals surface area (Å²) in [4.78, 5) is 30.1. The van der Waals surface area contributed by atoms with E-state index in [9.17, 15) is 9.59 Å². The minimum Gasteiger partial charge on any atom is -0.357 e. The van der Waals surface area contributed by atoms with E-state index >= 15 is 0 Å². The fourth-order valence-corrected chi connectivity index (χ4v) is 2.37. The van der Waals surface area contributed by atoms with Crippen LogP contribution in [0.15, 0.2) is 0 Å². The molecule has 0 spiro atoms. The summed E-state index contributed by atoms with van der Waals surface area (Å²) in [5, 5.41) is 9.36. The van der Waals surface area contributed by atoms with Crippen LogP contribution in [-0.4, -0.2) is 51.5 Å². The number of carbonyl (C=O) groups is 2. The van der Waals surface area contributed by atoms with Crippen molar-refractivity contribution in [1.29, 1.82) is 0 Å². The third-order valence-corrected chi connectivity index (χ3v) is 3.55. The standard InChI is InChI=1S/C13H21N5O2/c1-8(2)10-15-11(17-16-10)13(20)18-7-5-4-6-9(18)12(19)14-3/h8-9H,4-7H2,1-3H3,(H,14,19)(H,15,16,17). The molecule has 1 aromatic heterocycles. The number of amides is 2. The lowest BCUT2D eigenvalue weighted by Gasteiger charge is -2.33. The van der Waals surface area contributed by atoms with Crippen LogP contribution in [0, 0.1) is 0 Å². The summed E-state index contributed by atoms with van der Waals surface area (Å²) in [5.41, 5.74) is 0. The topological polar surface area (TPSA) is 91.0 Å². The number of aromatic amines is 1. The lowest BCUT2D eigenvalue weighted by molar-refractivity contribution is -0.126. The fraction of sp³-hybridized carbons (Fsp3) is 0.692. The zero-order valence-electron chi connectivity index (χ0n) is 12.1. The van der Waals surface area contributed by atoms with Crippen LogP contribution in [-0.2, 0) is 4.79 Å². The van der Waals surface area contributed by atoms with Crippen molar-refractivity contribution in [2.24, 2.45) is 0 Å². The van der Waals surface area contributed by atoms with Crippen LogP contribution in [0.5, 0.6) is 0 Å². The molecule has 1 atom stereocenters. The Labute approximate surface area is 118 Å². The molecule has 1 saturated heterocycles. The van der Waals surface area contributed by atoms with E-state index in [1.165, 1.54) is 0 Å². The molecule has 1 aliphatic heterocycles. The number of rotatable bonds is 3. The van der Waals surface area contributed by atoms with Crippen LogP contribution in [0.25, 0.3) is 0 Å². The van der Waals surface area contributed by atoms with Gasteiger partial charge < -0.3 is 10.2 Å². The number of nitrogens with zero attached hydrogens (tertiary/aromatic N) is 3. The van der Waals surface area contributed by atoms with E-state index in [2.05, 4.69) is 20.5 Å². The molecule has 7 heteroatoms. The van der Waals surface area contributed by atoms with Gasteiger partial charge in [0.2, 0.25) is 11.7 Å². The molecular formula is C13H21N5O2. The number of hydrogen-bond donors (Lipinski definition) is 2. The van der Waals surface area contributed by atoms with Gasteiger partial charge in [-0.3, -0.25) is 14.7 Å². The Morgan fingerprint density at radius 1 is 1.40 bits per heavy atom. The highest BCUT2D eigenvalue weighted by Gasteiger charge is 2.33. The van der Waals surface area contributed by atoms with Crippen molar-refractivity contribution in [3.63, 3.8) is 0 Å². The van der Waals surface area contributed by atoms with Crippen molar-refractivity contribution in [1.82, 2.24) is 25.4 Å². The van der Waals surface area contributed by atoms with Crippen molar-refractivity contribution < 1.29 is 9.59 Å². The first kappa shape index (κ1) is 14.5. The van der Waals surface area contributed by atoms with Crippen molar-refractivity contribution in [2.45, 2.75) is 45.1 Å². The average Bonchev–Trinajstić information content (AvgIpc) is 2.95. The minimum absolute atomic E-state index is 0.127. The molecule has 0 saturated carbocycles. The quantitative estimate of drug-likeness (QED) is 0.850. The SMILES string of the molecule is CNC(=O)C1CCCCN1C(=O)c1n[nH]c(C(C)C)n1. The maximum Gasteiger partial charge on any atom is 0.294 e. The van der Waals surface area contributed by atoms with Crippen LogP contribution >= 0.6 is 0 Å². The van der Waals surface area contributed by atoms with Crippen molar-refractivity contribution in [3.05, 3.63) is 11.6 Å². The Balaban J connectivity index is 2.18. The van der Waals surface area contributed by atoms with Crippen molar-refractivity contribution in [2.75, 3.05) is 13.6 Å². The molecule has 110 valence electrons. The van der Waals surface area contributed by atoms with Crippen molar-refractivity contribution >= 4 is 11.8 Å². The molecule has 0 aliphatic carbocycles. The Morgan fingerprint density at radius 2 is 2.15 bits per heavy atom. The van der Waals surface area contributed by atoms with Gasteiger partial charge in [0, 0.05) is 19.5 Å². The second-order valence-electron chi connectivity index (χ2n) is 5.32. The summed E-state index contributed by atoms with van der Waals surface area (Å²) in [7, 11) is 1.59. The highest BCUT2D eigenvalue weighted by molar-refractivity contribution is 5.94. The van der Waals surface area contributed by atoms with E-state index < -0.39 is 6.04 Å². The molecule has 7 nitrogen and oxygen atoms in total. The van der Waals surface area contributed by atoms with Gasteiger partial charge in [0.05, 0.1) is 0 Å². The maximum atomic E-state index is 12.5. The molecule has 0 aromatic carbocycles. The zero-order chi connectivity index (χ0) is 14.7. The number of piperidine rings is 1. The maximum absolute atomic E-state index is 12.5. The molecule has 1 fully saturated rings. The molecule has 2 amide bonds. The molecule has 2 rings (SSSR count). The lowest BCUT2D eigenvalue weighted by Crippen LogP contribution is -2.51. The van der Waals surface area contributed by atoms with Crippen LogP contribution in [0.3, 0.4) is 0 Å². The predicted molar refractivity (Wildman–Crippen MR) is 73.2 cm³/mol. The first-order valence-corrected chi connectivity index (χ1v) is 6.99. The average molecular weight is 279 g/mol. The van der Waals surface area contributed by atoms with E-state index in [-0.39, 0.29) is 23.6 Å². The molecular weight excluding hydrogens is 258 g/mol. The third-order valence-electron chi connectivity index (χ3n) is 3.55. The normalized spacial score (nSPS) is 19.2. The Morgan fingerprint density at radius 3 is 2.75 bits per heavy atom. The number of hydrogen-bond acceptors (Lipinski definition) is 4. The number of carbonyl (C=O) groups excluding carboxylic acids is 2. The highest BCUT2D eigenvalue weighted by atomic mass is 16.2. The molecule has 2 N–H and O–H groups in total. The van der Waals surface area contributed by atoms with Gasteiger partial charge >= 0.3 is 0 Å². The second-order valence-corrected chi connectivity index (χ2v) is 5.32. The van der Waals surface area contributed by atoms with E-state index in [1.54, 1.807) is 11.9 Å². The fourth-order valence-electron chi connectivity index (χ4n) is 2.37. The molecule has 1 aliphatic rings. The van der Waals surface area contributed by atoms with Gasteiger partial charge in [0.1, 0.15) is 11.9 Å². The van der Waals surface area contributed by atoms with E-state index in [0.717, 1.165) is 12.8 Å². The molecule has 20 heavy (non-hydrogen) atoms. The smallest absolute Gasteiger partial charge is 0.294 e. The van der Waals surface area contributed by atoms with Crippen LogP contribution < -0.4 is 5.32 Å². The number of likely N-dealkylation sites (N-methyl/N-ethyl adjacent to an activating group) is 1. The van der Waals surface area contributed by atoms with Gasteiger partial charge in [-0.15, -0.1) is 5.10 Å². The van der Waals surface area contributed by atoms with Crippen LogP contribution in [0.4, 0.5) is 0 Å². The number of H-pyrrole nitrogens is 1. The number of aromatic nitrogens is 3. The molecule has 1 unspecified atom stereocenters. The van der Waals surface area contributed by atoms with Gasteiger partial charge in [-0.25, -0.2) is 4.98 Å². The Kier molecular flexibility index (Phi) is 4.36. The summed E-state index contributed by atoms with van der Waals surface area (Å²) >= 11 is 0. The number of nitrogens with one attached hydrogen (secondary N) is 2. The molecule has 0 radical (unpaired) electrons. The van der Waals surface area contributed by atoms with Gasteiger partial charge in [-0.1, -0.05) is 13.8 Å². The monoisotopic (exact) mass is 279 g/mol. The minimum atomic E-state index is -0.415. The van der Waals surface area contributed by atoms with Gasteiger partial charge in [0.15, 0.2) is 0 Å². The summed E-state index contributed by atoms with van der Waals surface area (Å²) < 4.78 is 0. The van der Waals surface area contributed by atoms with Gasteiger partial charge in [-0.05, 0) is 19.3 Å². The van der Waals surface area contributed by atoms with E-state index in [1.807, 2.05) is 13.8 Å². The number of likely N-dealkylation sites (tertiary alicyclic amines) is 1. The van der Waals surface area contributed by atoms with Gasteiger partial charge in [0.25, 0.3) is 5.91 Å². The molecule has 0 bridgehead atoms. The summed E-state index contributed by atoms with van der Waals surface area (Å²) in [5.74, 6) is 0.602. The Bertz CT molecular complexity index is 497. The summed E-state index contributed by atoms with van der Waals surface area (Å²) in [6.07, 6.45) is 2.54. The molecule has 1 aromatic rings.